The molecule has 6 heteroatoms. The fourth-order valence-electron chi connectivity index (χ4n) is 2.61. The molecule has 5 nitrogen and oxygen atoms in total. The number of nitrogens with zero attached hydrogens (tertiary/aromatic N) is 2. The van der Waals surface area contributed by atoms with Gasteiger partial charge in [-0.2, -0.15) is 0 Å². The van der Waals surface area contributed by atoms with Gasteiger partial charge in [-0.15, -0.1) is 11.3 Å². The average Bonchev–Trinajstić information content (AvgIpc) is 2.92. The van der Waals surface area contributed by atoms with Crippen molar-refractivity contribution in [3.8, 4) is 0 Å². The first kappa shape index (κ1) is 17.4. The molecule has 0 bridgehead atoms. The molecule has 0 aliphatic carbocycles. The molecule has 1 aliphatic rings. The summed E-state index contributed by atoms with van der Waals surface area (Å²) in [4.78, 5) is 17.4. The van der Waals surface area contributed by atoms with E-state index in [0.29, 0.717) is 13.1 Å². The lowest BCUT2D eigenvalue weighted by Gasteiger charge is -2.35. The minimum atomic E-state index is -0.407. The Bertz CT molecular complexity index is 462. The lowest BCUT2D eigenvalue weighted by Crippen LogP contribution is -2.52. The second-order valence-corrected chi connectivity index (χ2v) is 7.89. The second-order valence-electron chi connectivity index (χ2n) is 6.91. The van der Waals surface area contributed by atoms with Gasteiger partial charge in [0, 0.05) is 43.1 Å². The molecule has 1 aromatic heterocycles. The Labute approximate surface area is 136 Å². The third kappa shape index (κ3) is 5.68. The number of β-amino-alcohol motifs (C(OH)–C–C–N with tert-alkyl or cyclic N) is 1. The van der Waals surface area contributed by atoms with Crippen LogP contribution in [0.15, 0.2) is 17.5 Å². The van der Waals surface area contributed by atoms with Gasteiger partial charge in [-0.25, -0.2) is 0 Å². The molecular weight excluding hydrogens is 298 g/mol. The summed E-state index contributed by atoms with van der Waals surface area (Å²) >= 11 is 1.59. The number of aliphatic hydroxyl groups is 1. The molecule has 0 saturated carbocycles. The predicted octanol–water partition coefficient (Wildman–Crippen LogP) is 1.31. The molecule has 1 amide bonds. The van der Waals surface area contributed by atoms with E-state index in [2.05, 4.69) is 15.1 Å². The average molecular weight is 325 g/mol. The standard InChI is InChI=1S/C16H27N3O2S/c1-16(2,3)17-15(21)12-19-8-6-18(7-9-19)11-13(20)14-5-4-10-22-14/h4-5,10,13,20H,6-9,11-12H2,1-3H3,(H,17,21). The lowest BCUT2D eigenvalue weighted by molar-refractivity contribution is -0.124. The van der Waals surface area contributed by atoms with Crippen LogP contribution in [0.25, 0.3) is 0 Å². The zero-order chi connectivity index (χ0) is 16.2. The highest BCUT2D eigenvalue weighted by Crippen LogP contribution is 2.20. The Kier molecular flexibility index (Phi) is 5.97. The van der Waals surface area contributed by atoms with Crippen LogP contribution in [-0.2, 0) is 4.79 Å². The minimum Gasteiger partial charge on any atom is -0.386 e. The molecule has 1 aromatic rings. The third-order valence-corrected chi connectivity index (χ3v) is 4.62. The molecule has 0 spiro atoms. The van der Waals surface area contributed by atoms with Crippen molar-refractivity contribution >= 4 is 17.2 Å². The molecule has 1 atom stereocenters. The Hall–Kier alpha value is -0.950. The maximum atomic E-state index is 11.9. The summed E-state index contributed by atoms with van der Waals surface area (Å²) in [5, 5.41) is 15.2. The van der Waals surface area contributed by atoms with Gasteiger partial charge in [0.2, 0.25) is 5.91 Å². The van der Waals surface area contributed by atoms with Crippen molar-refractivity contribution in [2.75, 3.05) is 39.3 Å². The van der Waals surface area contributed by atoms with Gasteiger partial charge in [-0.05, 0) is 32.2 Å². The van der Waals surface area contributed by atoms with E-state index in [0.717, 1.165) is 31.1 Å². The fourth-order valence-corrected chi connectivity index (χ4v) is 3.31. The van der Waals surface area contributed by atoms with Crippen molar-refractivity contribution in [1.82, 2.24) is 15.1 Å². The van der Waals surface area contributed by atoms with Crippen molar-refractivity contribution in [2.45, 2.75) is 32.4 Å². The van der Waals surface area contributed by atoms with Crippen LogP contribution in [0.3, 0.4) is 0 Å². The number of rotatable bonds is 5. The number of hydrogen-bond acceptors (Lipinski definition) is 5. The highest BCUT2D eigenvalue weighted by molar-refractivity contribution is 7.10. The third-order valence-electron chi connectivity index (χ3n) is 3.65. The Morgan fingerprint density at radius 1 is 1.32 bits per heavy atom. The first-order chi connectivity index (χ1) is 10.3. The first-order valence-corrected chi connectivity index (χ1v) is 8.68. The molecule has 1 saturated heterocycles. The number of thiophene rings is 1. The van der Waals surface area contributed by atoms with Gasteiger partial charge in [0.1, 0.15) is 6.10 Å². The van der Waals surface area contributed by atoms with Gasteiger partial charge in [0.25, 0.3) is 0 Å². The smallest absolute Gasteiger partial charge is 0.234 e. The van der Waals surface area contributed by atoms with Crippen molar-refractivity contribution in [3.63, 3.8) is 0 Å². The Balaban J connectivity index is 1.70. The molecule has 1 aliphatic heterocycles. The molecular formula is C16H27N3O2S. The van der Waals surface area contributed by atoms with Gasteiger partial charge in [-0.3, -0.25) is 14.6 Å². The van der Waals surface area contributed by atoms with Crippen LogP contribution in [0.5, 0.6) is 0 Å². The van der Waals surface area contributed by atoms with E-state index in [1.54, 1.807) is 11.3 Å². The molecule has 22 heavy (non-hydrogen) atoms. The van der Waals surface area contributed by atoms with E-state index in [-0.39, 0.29) is 11.4 Å². The number of hydrogen-bond donors (Lipinski definition) is 2. The lowest BCUT2D eigenvalue weighted by atomic mass is 10.1. The van der Waals surface area contributed by atoms with Crippen LogP contribution in [0.1, 0.15) is 31.8 Å². The van der Waals surface area contributed by atoms with Gasteiger partial charge < -0.3 is 10.4 Å². The number of carbonyl (C=O) groups is 1. The second kappa shape index (κ2) is 7.55. The predicted molar refractivity (Wildman–Crippen MR) is 90.1 cm³/mol. The van der Waals surface area contributed by atoms with Gasteiger partial charge in [0.05, 0.1) is 6.54 Å². The largest absolute Gasteiger partial charge is 0.386 e. The number of nitrogens with one attached hydrogen (secondary N) is 1. The van der Waals surface area contributed by atoms with Crippen molar-refractivity contribution in [2.24, 2.45) is 0 Å². The molecule has 0 aromatic carbocycles. The van der Waals surface area contributed by atoms with E-state index in [4.69, 9.17) is 0 Å². The summed E-state index contributed by atoms with van der Waals surface area (Å²) < 4.78 is 0. The van der Waals surface area contributed by atoms with Crippen molar-refractivity contribution in [1.29, 1.82) is 0 Å². The topological polar surface area (TPSA) is 55.8 Å². The van der Waals surface area contributed by atoms with E-state index in [1.165, 1.54) is 0 Å². The highest BCUT2D eigenvalue weighted by atomic mass is 32.1. The van der Waals surface area contributed by atoms with E-state index in [1.807, 2.05) is 38.3 Å². The van der Waals surface area contributed by atoms with Crippen LogP contribution in [0.4, 0.5) is 0 Å². The van der Waals surface area contributed by atoms with Gasteiger partial charge >= 0.3 is 0 Å². The van der Waals surface area contributed by atoms with Gasteiger partial charge in [0.15, 0.2) is 0 Å². The zero-order valence-corrected chi connectivity index (χ0v) is 14.5. The van der Waals surface area contributed by atoms with Crippen molar-refractivity contribution < 1.29 is 9.90 Å². The zero-order valence-electron chi connectivity index (χ0n) is 13.7. The number of aliphatic hydroxyl groups excluding tert-OH is 1. The van der Waals surface area contributed by atoms with Crippen LogP contribution in [-0.4, -0.2) is 65.6 Å². The monoisotopic (exact) mass is 325 g/mol. The first-order valence-electron chi connectivity index (χ1n) is 7.81. The maximum absolute atomic E-state index is 11.9. The highest BCUT2D eigenvalue weighted by Gasteiger charge is 2.22. The summed E-state index contributed by atoms with van der Waals surface area (Å²) in [6, 6.07) is 3.94. The number of carbonyl (C=O) groups excluding carboxylic acids is 1. The molecule has 0 radical (unpaired) electrons. The summed E-state index contributed by atoms with van der Waals surface area (Å²) in [6.45, 7) is 10.6. The Morgan fingerprint density at radius 2 is 1.95 bits per heavy atom. The molecule has 1 fully saturated rings. The molecule has 2 heterocycles. The fraction of sp³-hybridized carbons (Fsp3) is 0.688. The van der Waals surface area contributed by atoms with E-state index >= 15 is 0 Å². The van der Waals surface area contributed by atoms with Crippen LogP contribution in [0.2, 0.25) is 0 Å². The molecule has 1 unspecified atom stereocenters. The van der Waals surface area contributed by atoms with Gasteiger partial charge in [-0.1, -0.05) is 6.07 Å². The van der Waals surface area contributed by atoms with Crippen LogP contribution >= 0.6 is 11.3 Å². The molecule has 124 valence electrons. The summed E-state index contributed by atoms with van der Waals surface area (Å²) in [5.74, 6) is 0.0829. The van der Waals surface area contributed by atoms with E-state index in [9.17, 15) is 9.90 Å². The Morgan fingerprint density at radius 3 is 2.50 bits per heavy atom. The van der Waals surface area contributed by atoms with Crippen LogP contribution < -0.4 is 5.32 Å². The quantitative estimate of drug-likeness (QED) is 0.857. The summed E-state index contributed by atoms with van der Waals surface area (Å²) in [5.41, 5.74) is -0.177. The van der Waals surface area contributed by atoms with E-state index < -0.39 is 6.10 Å². The molecule has 2 N–H and O–H groups in total. The summed E-state index contributed by atoms with van der Waals surface area (Å²) in [7, 11) is 0. The molecule has 2 rings (SSSR count). The minimum absolute atomic E-state index is 0.0829. The number of piperazine rings is 1. The van der Waals surface area contributed by atoms with Crippen molar-refractivity contribution in [3.05, 3.63) is 22.4 Å². The maximum Gasteiger partial charge on any atom is 0.234 e. The number of amides is 1. The van der Waals surface area contributed by atoms with Crippen LogP contribution in [0, 0.1) is 0 Å². The summed E-state index contributed by atoms with van der Waals surface area (Å²) in [6.07, 6.45) is -0.407. The normalized spacial score (nSPS) is 19.1. The SMILES string of the molecule is CC(C)(C)NC(=O)CN1CCN(CC(O)c2cccs2)CC1.